The lowest BCUT2D eigenvalue weighted by atomic mass is 9.97. The Morgan fingerprint density at radius 2 is 2.10 bits per heavy atom. The van der Waals surface area contributed by atoms with Gasteiger partial charge in [-0.2, -0.15) is 10.1 Å². The Morgan fingerprint density at radius 1 is 1.24 bits per heavy atom. The highest BCUT2D eigenvalue weighted by Gasteiger charge is 2.30. The van der Waals surface area contributed by atoms with Crippen LogP contribution in [-0.4, -0.2) is 14.8 Å². The first-order valence-corrected chi connectivity index (χ1v) is 8.43. The Balaban J connectivity index is 1.72. The zero-order chi connectivity index (χ0) is 14.2. The summed E-state index contributed by atoms with van der Waals surface area (Å²) in [4.78, 5) is 5.67. The third-order valence-corrected chi connectivity index (χ3v) is 5.28. The van der Waals surface area contributed by atoms with Gasteiger partial charge < -0.3 is 5.32 Å². The monoisotopic (exact) mass is 360 g/mol. The standard InChI is InChI=1S/C15H13BrN4S/c16-11-5-3-10(4-6-11)12-8-13(14-2-1-7-21-14)20-15(19-12)17-9-18-20/h1-7,9,12-13H,8H2,(H,17,18,19)/t12-,13+/m1/s1. The second-order valence-corrected chi connectivity index (χ2v) is 6.94. The van der Waals surface area contributed by atoms with Gasteiger partial charge in [-0.3, -0.25) is 0 Å². The number of benzene rings is 1. The molecule has 21 heavy (non-hydrogen) atoms. The van der Waals surface area contributed by atoms with Gasteiger partial charge in [-0.05, 0) is 35.6 Å². The smallest absolute Gasteiger partial charge is 0.222 e. The molecular weight excluding hydrogens is 348 g/mol. The van der Waals surface area contributed by atoms with Gasteiger partial charge in [0.05, 0.1) is 12.1 Å². The third kappa shape index (κ3) is 2.38. The van der Waals surface area contributed by atoms with Crippen molar-refractivity contribution in [3.05, 3.63) is 63.0 Å². The summed E-state index contributed by atoms with van der Waals surface area (Å²) < 4.78 is 3.08. The molecule has 3 heterocycles. The van der Waals surface area contributed by atoms with Gasteiger partial charge in [0.2, 0.25) is 5.95 Å². The maximum Gasteiger partial charge on any atom is 0.222 e. The van der Waals surface area contributed by atoms with Crippen molar-refractivity contribution in [1.29, 1.82) is 0 Å². The average Bonchev–Trinajstić information content (AvgIpc) is 3.18. The van der Waals surface area contributed by atoms with E-state index in [0.717, 1.165) is 16.8 Å². The van der Waals surface area contributed by atoms with E-state index >= 15 is 0 Å². The van der Waals surface area contributed by atoms with E-state index in [9.17, 15) is 0 Å². The fourth-order valence-corrected chi connectivity index (χ4v) is 3.84. The summed E-state index contributed by atoms with van der Waals surface area (Å²) in [6, 6.07) is 13.2. The van der Waals surface area contributed by atoms with E-state index in [1.807, 2.05) is 4.68 Å². The molecule has 0 saturated carbocycles. The van der Waals surface area contributed by atoms with E-state index in [-0.39, 0.29) is 12.1 Å². The minimum Gasteiger partial charge on any atom is -0.348 e. The zero-order valence-electron chi connectivity index (χ0n) is 11.1. The number of nitrogens with one attached hydrogen (secondary N) is 1. The van der Waals surface area contributed by atoms with Crippen LogP contribution in [0, 0.1) is 0 Å². The van der Waals surface area contributed by atoms with Crippen LogP contribution in [-0.2, 0) is 0 Å². The lowest BCUT2D eigenvalue weighted by molar-refractivity contribution is 0.436. The van der Waals surface area contributed by atoms with E-state index in [0.29, 0.717) is 0 Å². The van der Waals surface area contributed by atoms with Crippen LogP contribution in [0.4, 0.5) is 5.95 Å². The van der Waals surface area contributed by atoms with Crippen molar-refractivity contribution in [2.24, 2.45) is 0 Å². The molecule has 0 fully saturated rings. The van der Waals surface area contributed by atoms with Crippen LogP contribution < -0.4 is 5.32 Å². The molecule has 3 aromatic rings. The van der Waals surface area contributed by atoms with Gasteiger partial charge in [-0.1, -0.05) is 34.1 Å². The Kier molecular flexibility index (Phi) is 3.27. The lowest BCUT2D eigenvalue weighted by Crippen LogP contribution is -2.27. The summed E-state index contributed by atoms with van der Waals surface area (Å²) in [6.45, 7) is 0. The predicted molar refractivity (Wildman–Crippen MR) is 87.6 cm³/mol. The van der Waals surface area contributed by atoms with Crippen LogP contribution in [0.2, 0.25) is 0 Å². The number of halogens is 1. The Hall–Kier alpha value is -1.66. The maximum atomic E-state index is 4.38. The predicted octanol–water partition coefficient (Wildman–Crippen LogP) is 4.25. The number of anilines is 1. The van der Waals surface area contributed by atoms with Crippen LogP contribution in [0.1, 0.15) is 28.9 Å². The summed E-state index contributed by atoms with van der Waals surface area (Å²) in [7, 11) is 0. The highest BCUT2D eigenvalue weighted by molar-refractivity contribution is 9.10. The second-order valence-electron chi connectivity index (χ2n) is 5.04. The number of rotatable bonds is 2. The Bertz CT molecular complexity index is 735. The summed E-state index contributed by atoms with van der Waals surface area (Å²) in [5.74, 6) is 0.840. The molecule has 1 aromatic carbocycles. The van der Waals surface area contributed by atoms with Crippen molar-refractivity contribution in [2.45, 2.75) is 18.5 Å². The van der Waals surface area contributed by atoms with E-state index in [1.54, 1.807) is 17.7 Å². The van der Waals surface area contributed by atoms with Crippen LogP contribution >= 0.6 is 27.3 Å². The Morgan fingerprint density at radius 3 is 2.86 bits per heavy atom. The fraction of sp³-hybridized carbons (Fsp3) is 0.200. The van der Waals surface area contributed by atoms with Gasteiger partial charge in [-0.15, -0.1) is 11.3 Å². The van der Waals surface area contributed by atoms with Crippen molar-refractivity contribution < 1.29 is 0 Å². The van der Waals surface area contributed by atoms with Gasteiger partial charge in [-0.25, -0.2) is 4.68 Å². The van der Waals surface area contributed by atoms with Crippen molar-refractivity contribution in [3.63, 3.8) is 0 Å². The van der Waals surface area contributed by atoms with E-state index in [1.165, 1.54) is 10.4 Å². The van der Waals surface area contributed by atoms with Crippen LogP contribution in [0.25, 0.3) is 0 Å². The molecule has 106 valence electrons. The van der Waals surface area contributed by atoms with Crippen molar-refractivity contribution in [1.82, 2.24) is 14.8 Å². The first-order valence-electron chi connectivity index (χ1n) is 6.76. The molecule has 0 aliphatic carbocycles. The molecule has 1 N–H and O–H groups in total. The molecule has 6 heteroatoms. The molecule has 0 saturated heterocycles. The highest BCUT2D eigenvalue weighted by atomic mass is 79.9. The van der Waals surface area contributed by atoms with Crippen molar-refractivity contribution in [3.8, 4) is 0 Å². The molecule has 2 aromatic heterocycles. The summed E-state index contributed by atoms with van der Waals surface area (Å²) in [5.41, 5.74) is 1.27. The van der Waals surface area contributed by atoms with Crippen molar-refractivity contribution in [2.75, 3.05) is 5.32 Å². The molecule has 0 radical (unpaired) electrons. The molecule has 0 amide bonds. The number of fused-ring (bicyclic) bond motifs is 1. The third-order valence-electron chi connectivity index (χ3n) is 3.77. The van der Waals surface area contributed by atoms with Crippen LogP contribution in [0.15, 0.2) is 52.6 Å². The highest BCUT2D eigenvalue weighted by Crippen LogP contribution is 2.38. The molecular formula is C15H13BrN4S. The van der Waals surface area contributed by atoms with E-state index in [4.69, 9.17) is 0 Å². The zero-order valence-corrected chi connectivity index (χ0v) is 13.5. The molecule has 4 rings (SSSR count). The number of nitrogens with zero attached hydrogens (tertiary/aromatic N) is 3. The summed E-state index contributed by atoms with van der Waals surface area (Å²) >= 11 is 5.26. The first kappa shape index (κ1) is 13.0. The SMILES string of the molecule is Brc1ccc([C@H]2C[C@@H](c3cccs3)n3ncnc3N2)cc1. The van der Waals surface area contributed by atoms with Gasteiger partial charge >= 0.3 is 0 Å². The van der Waals surface area contributed by atoms with E-state index < -0.39 is 0 Å². The van der Waals surface area contributed by atoms with Gasteiger partial charge in [0.15, 0.2) is 0 Å². The molecule has 4 nitrogen and oxygen atoms in total. The lowest BCUT2D eigenvalue weighted by Gasteiger charge is -2.31. The number of hydrogen-bond donors (Lipinski definition) is 1. The van der Waals surface area contributed by atoms with Gasteiger partial charge in [0.1, 0.15) is 6.33 Å². The van der Waals surface area contributed by atoms with Gasteiger partial charge in [0.25, 0.3) is 0 Å². The van der Waals surface area contributed by atoms with E-state index in [2.05, 4.69) is 73.1 Å². The maximum absolute atomic E-state index is 4.38. The molecule has 1 aliphatic rings. The molecule has 1 aliphatic heterocycles. The van der Waals surface area contributed by atoms with Crippen LogP contribution in [0.5, 0.6) is 0 Å². The number of aromatic nitrogens is 3. The molecule has 0 spiro atoms. The average molecular weight is 361 g/mol. The first-order chi connectivity index (χ1) is 10.3. The fourth-order valence-electron chi connectivity index (χ4n) is 2.75. The topological polar surface area (TPSA) is 42.7 Å². The number of hydrogen-bond acceptors (Lipinski definition) is 4. The summed E-state index contributed by atoms with van der Waals surface area (Å²) in [6.07, 6.45) is 2.59. The molecule has 2 atom stereocenters. The molecule has 0 bridgehead atoms. The minimum atomic E-state index is 0.248. The second kappa shape index (κ2) is 5.27. The minimum absolute atomic E-state index is 0.248. The summed E-state index contributed by atoms with van der Waals surface area (Å²) in [5, 5.41) is 9.98. The largest absolute Gasteiger partial charge is 0.348 e. The number of thiophene rings is 1. The quantitative estimate of drug-likeness (QED) is 0.742. The van der Waals surface area contributed by atoms with Gasteiger partial charge in [0, 0.05) is 9.35 Å². The molecule has 0 unspecified atom stereocenters. The Labute approximate surface area is 135 Å². The van der Waals surface area contributed by atoms with Crippen molar-refractivity contribution >= 4 is 33.2 Å². The van der Waals surface area contributed by atoms with Crippen LogP contribution in [0.3, 0.4) is 0 Å². The normalized spacial score (nSPS) is 20.8.